The third-order valence-electron chi connectivity index (χ3n) is 2.64. The molecule has 10 heteroatoms. The number of methoxy groups -OCH3 is 1. The summed E-state index contributed by atoms with van der Waals surface area (Å²) in [5.74, 6) is 0.0473. The molecule has 1 amide bonds. The Labute approximate surface area is 134 Å². The van der Waals surface area contributed by atoms with Crippen molar-refractivity contribution >= 4 is 40.4 Å². The zero-order valence-corrected chi connectivity index (χ0v) is 13.3. The van der Waals surface area contributed by atoms with Gasteiger partial charge in [-0.2, -0.15) is 0 Å². The second-order valence-corrected chi connectivity index (χ2v) is 6.52. The van der Waals surface area contributed by atoms with Crippen molar-refractivity contribution in [3.8, 4) is 5.75 Å². The molecule has 1 atom stereocenters. The fourth-order valence-electron chi connectivity index (χ4n) is 1.56. The van der Waals surface area contributed by atoms with Gasteiger partial charge >= 0.3 is 0 Å². The number of thioether (sulfide) groups is 1. The minimum atomic E-state index is -0.533. The quantitative estimate of drug-likeness (QED) is 0.489. The molecule has 0 saturated carbocycles. The number of carbonyl (C=O) groups is 1. The molecule has 0 radical (unpaired) electrons. The van der Waals surface area contributed by atoms with Gasteiger partial charge in [0.15, 0.2) is 4.34 Å². The van der Waals surface area contributed by atoms with Crippen molar-refractivity contribution in [1.82, 2.24) is 10.2 Å². The molecule has 1 aromatic heterocycles. The van der Waals surface area contributed by atoms with Gasteiger partial charge in [0.2, 0.25) is 5.91 Å². The second kappa shape index (κ2) is 7.18. The highest BCUT2D eigenvalue weighted by Gasteiger charge is 2.19. The van der Waals surface area contributed by atoms with Gasteiger partial charge < -0.3 is 10.1 Å². The molecule has 0 fully saturated rings. The number of ether oxygens (including phenoxy) is 1. The number of aromatic nitrogens is 2. The largest absolute Gasteiger partial charge is 0.495 e. The summed E-state index contributed by atoms with van der Waals surface area (Å²) < 4.78 is 5.78. The predicted molar refractivity (Wildman–Crippen MR) is 83.5 cm³/mol. The zero-order chi connectivity index (χ0) is 16.1. The lowest BCUT2D eigenvalue weighted by Gasteiger charge is -2.13. The molecule has 0 aliphatic heterocycles. The summed E-state index contributed by atoms with van der Waals surface area (Å²) in [6.45, 7) is 1.71. The van der Waals surface area contributed by atoms with Gasteiger partial charge in [0.1, 0.15) is 11.3 Å². The maximum atomic E-state index is 12.2. The molecule has 0 aliphatic carbocycles. The number of nitro benzene ring substituents is 1. The Kier molecular flexibility index (Phi) is 5.28. The summed E-state index contributed by atoms with van der Waals surface area (Å²) in [4.78, 5) is 22.5. The normalized spacial score (nSPS) is 11.7. The maximum Gasteiger partial charge on any atom is 0.271 e. The summed E-state index contributed by atoms with van der Waals surface area (Å²) in [6, 6.07) is 4.02. The molecule has 1 aromatic carbocycles. The molecule has 1 unspecified atom stereocenters. The number of anilines is 1. The van der Waals surface area contributed by atoms with Crippen LogP contribution in [0.25, 0.3) is 0 Å². The number of rotatable bonds is 6. The van der Waals surface area contributed by atoms with Crippen molar-refractivity contribution < 1.29 is 14.5 Å². The first kappa shape index (κ1) is 16.2. The number of nitrogens with zero attached hydrogens (tertiary/aromatic N) is 3. The summed E-state index contributed by atoms with van der Waals surface area (Å²) in [7, 11) is 1.43. The van der Waals surface area contributed by atoms with Crippen molar-refractivity contribution in [3.05, 3.63) is 33.8 Å². The molecule has 0 aliphatic rings. The van der Waals surface area contributed by atoms with Crippen LogP contribution in [0.15, 0.2) is 28.0 Å². The molecule has 2 aromatic rings. The van der Waals surface area contributed by atoms with E-state index in [-0.39, 0.29) is 17.3 Å². The van der Waals surface area contributed by atoms with E-state index in [9.17, 15) is 14.9 Å². The van der Waals surface area contributed by atoms with Gasteiger partial charge in [-0.15, -0.1) is 10.2 Å². The van der Waals surface area contributed by atoms with E-state index in [0.29, 0.717) is 10.1 Å². The van der Waals surface area contributed by atoms with Crippen molar-refractivity contribution in [1.29, 1.82) is 0 Å². The number of hydrogen-bond acceptors (Lipinski definition) is 8. The van der Waals surface area contributed by atoms with Crippen LogP contribution >= 0.6 is 23.1 Å². The topological polar surface area (TPSA) is 107 Å². The molecule has 1 N–H and O–H groups in total. The monoisotopic (exact) mass is 340 g/mol. The molecule has 8 nitrogen and oxygen atoms in total. The third kappa shape index (κ3) is 3.92. The Morgan fingerprint density at radius 3 is 2.91 bits per heavy atom. The molecular weight excluding hydrogens is 328 g/mol. The summed E-state index contributed by atoms with van der Waals surface area (Å²) >= 11 is 2.60. The molecule has 1 heterocycles. The molecule has 22 heavy (non-hydrogen) atoms. The molecular formula is C12H12N4O4S2. The van der Waals surface area contributed by atoms with Crippen molar-refractivity contribution in [2.75, 3.05) is 12.4 Å². The molecule has 116 valence electrons. The van der Waals surface area contributed by atoms with E-state index in [0.717, 1.165) is 0 Å². The lowest BCUT2D eigenvalue weighted by molar-refractivity contribution is -0.384. The Bertz CT molecular complexity index is 678. The number of nitrogens with one attached hydrogen (secondary N) is 1. The van der Waals surface area contributed by atoms with Gasteiger partial charge in [0.05, 0.1) is 23.0 Å². The van der Waals surface area contributed by atoms with E-state index < -0.39 is 10.2 Å². The van der Waals surface area contributed by atoms with Gasteiger partial charge in [0, 0.05) is 12.1 Å². The standard InChI is InChI=1S/C12H12N4O4S2/c1-7(22-12-15-13-6-21-12)11(17)14-9-5-8(16(18)19)3-4-10(9)20-2/h3-7H,1-2H3,(H,14,17). The highest BCUT2D eigenvalue weighted by molar-refractivity contribution is 8.02. The van der Waals surface area contributed by atoms with E-state index in [1.165, 1.54) is 48.4 Å². The lowest BCUT2D eigenvalue weighted by Crippen LogP contribution is -2.22. The fraction of sp³-hybridized carbons (Fsp3) is 0.250. The van der Waals surface area contributed by atoms with Gasteiger partial charge in [-0.1, -0.05) is 23.1 Å². The predicted octanol–water partition coefficient (Wildman–Crippen LogP) is 2.57. The highest BCUT2D eigenvalue weighted by Crippen LogP contribution is 2.30. The molecule has 0 saturated heterocycles. The van der Waals surface area contributed by atoms with Crippen LogP contribution in [0.2, 0.25) is 0 Å². The van der Waals surface area contributed by atoms with Crippen LogP contribution in [-0.4, -0.2) is 33.4 Å². The van der Waals surface area contributed by atoms with Crippen LogP contribution in [0.4, 0.5) is 11.4 Å². The lowest BCUT2D eigenvalue weighted by atomic mass is 10.2. The number of non-ortho nitro benzene ring substituents is 1. The third-order valence-corrected chi connectivity index (χ3v) is 4.55. The summed E-state index contributed by atoms with van der Waals surface area (Å²) in [5.41, 5.74) is 1.71. The number of benzene rings is 1. The van der Waals surface area contributed by atoms with Crippen LogP contribution in [0, 0.1) is 10.1 Å². The van der Waals surface area contributed by atoms with Crippen LogP contribution in [0.5, 0.6) is 5.75 Å². The van der Waals surface area contributed by atoms with Crippen LogP contribution in [-0.2, 0) is 4.79 Å². The Balaban J connectivity index is 2.12. The number of carbonyl (C=O) groups excluding carboxylic acids is 1. The minimum absolute atomic E-state index is 0.125. The minimum Gasteiger partial charge on any atom is -0.495 e. The van der Waals surface area contributed by atoms with E-state index in [1.807, 2.05) is 0 Å². The van der Waals surface area contributed by atoms with Gasteiger partial charge in [0.25, 0.3) is 5.69 Å². The summed E-state index contributed by atoms with van der Waals surface area (Å²) in [5, 5.41) is 20.6. The van der Waals surface area contributed by atoms with Crippen molar-refractivity contribution in [2.24, 2.45) is 0 Å². The fourth-order valence-corrected chi connectivity index (χ4v) is 3.19. The average molecular weight is 340 g/mol. The molecule has 2 rings (SSSR count). The van der Waals surface area contributed by atoms with E-state index in [1.54, 1.807) is 12.4 Å². The summed E-state index contributed by atoms with van der Waals surface area (Å²) in [6.07, 6.45) is 0. The SMILES string of the molecule is COc1ccc([N+](=O)[O-])cc1NC(=O)C(C)Sc1nncs1. The Morgan fingerprint density at radius 2 is 2.32 bits per heavy atom. The van der Waals surface area contributed by atoms with Crippen LogP contribution in [0.3, 0.4) is 0 Å². The molecule has 0 bridgehead atoms. The van der Waals surface area contributed by atoms with Crippen molar-refractivity contribution in [3.63, 3.8) is 0 Å². The number of amides is 1. The smallest absolute Gasteiger partial charge is 0.271 e. The second-order valence-electron chi connectivity index (χ2n) is 4.10. The maximum absolute atomic E-state index is 12.2. The van der Waals surface area contributed by atoms with Gasteiger partial charge in [-0.05, 0) is 13.0 Å². The van der Waals surface area contributed by atoms with E-state index in [4.69, 9.17) is 4.74 Å². The Morgan fingerprint density at radius 1 is 1.55 bits per heavy atom. The zero-order valence-electron chi connectivity index (χ0n) is 11.7. The first-order valence-corrected chi connectivity index (χ1v) is 7.83. The highest BCUT2D eigenvalue weighted by atomic mass is 32.2. The van der Waals surface area contributed by atoms with Gasteiger partial charge in [-0.25, -0.2) is 0 Å². The number of hydrogen-bond donors (Lipinski definition) is 1. The molecule has 0 spiro atoms. The van der Waals surface area contributed by atoms with Crippen LogP contribution < -0.4 is 10.1 Å². The van der Waals surface area contributed by atoms with E-state index in [2.05, 4.69) is 15.5 Å². The first-order valence-electron chi connectivity index (χ1n) is 6.07. The number of nitro groups is 1. The average Bonchev–Trinajstić information content (AvgIpc) is 2.99. The first-order chi connectivity index (χ1) is 10.5. The van der Waals surface area contributed by atoms with Crippen molar-refractivity contribution in [2.45, 2.75) is 16.5 Å². The van der Waals surface area contributed by atoms with Crippen LogP contribution in [0.1, 0.15) is 6.92 Å². The Hall–Kier alpha value is -2.20. The van der Waals surface area contributed by atoms with Gasteiger partial charge in [-0.3, -0.25) is 14.9 Å². The van der Waals surface area contributed by atoms with E-state index >= 15 is 0 Å².